The largest absolute Gasteiger partial charge is 0.480 e. The maximum absolute atomic E-state index is 11.3. The van der Waals surface area contributed by atoms with E-state index in [-0.39, 0.29) is 12.1 Å². The van der Waals surface area contributed by atoms with Crippen molar-refractivity contribution in [3.8, 4) is 0 Å². The zero-order chi connectivity index (χ0) is 13.1. The van der Waals surface area contributed by atoms with Gasteiger partial charge in [-0.2, -0.15) is 0 Å². The molecule has 1 aliphatic heterocycles. The molecule has 0 bridgehead atoms. The quantitative estimate of drug-likeness (QED) is 0.913. The number of aliphatic carboxylic acids is 1. The first-order valence-electron chi connectivity index (χ1n) is 6.33. The predicted octanol–water partition coefficient (Wildman–Crippen LogP) is 3.34. The highest BCUT2D eigenvalue weighted by Gasteiger charge is 2.31. The number of hydrogen-bond donors (Lipinski definition) is 1. The first kappa shape index (κ1) is 13.4. The molecule has 4 heteroatoms. The van der Waals surface area contributed by atoms with Crippen molar-refractivity contribution in [1.82, 2.24) is 4.90 Å². The molecule has 98 valence electrons. The van der Waals surface area contributed by atoms with Crippen molar-refractivity contribution >= 4 is 17.6 Å². The second kappa shape index (κ2) is 5.72. The lowest BCUT2D eigenvalue weighted by Gasteiger charge is -2.37. The summed E-state index contributed by atoms with van der Waals surface area (Å²) >= 11 is 5.87. The average Bonchev–Trinajstić information content (AvgIpc) is 2.39. The van der Waals surface area contributed by atoms with E-state index < -0.39 is 5.97 Å². The highest BCUT2D eigenvalue weighted by molar-refractivity contribution is 6.30. The van der Waals surface area contributed by atoms with Crippen molar-refractivity contribution in [3.05, 3.63) is 34.9 Å². The molecule has 1 fully saturated rings. The lowest BCUT2D eigenvalue weighted by Crippen LogP contribution is -2.45. The van der Waals surface area contributed by atoms with Crippen molar-refractivity contribution in [2.45, 2.75) is 38.3 Å². The van der Waals surface area contributed by atoms with Crippen molar-refractivity contribution in [2.24, 2.45) is 0 Å². The van der Waals surface area contributed by atoms with Crippen LogP contribution < -0.4 is 0 Å². The third kappa shape index (κ3) is 2.85. The molecule has 1 saturated heterocycles. The van der Waals surface area contributed by atoms with Crippen LogP contribution in [0, 0.1) is 0 Å². The molecule has 0 spiro atoms. The smallest absolute Gasteiger partial charge is 0.320 e. The Hall–Kier alpha value is -1.06. The monoisotopic (exact) mass is 267 g/mol. The summed E-state index contributed by atoms with van der Waals surface area (Å²) in [5.74, 6) is -0.712. The second-order valence-corrected chi connectivity index (χ2v) is 5.25. The van der Waals surface area contributed by atoms with Crippen LogP contribution in [0.15, 0.2) is 24.3 Å². The van der Waals surface area contributed by atoms with Gasteiger partial charge >= 0.3 is 5.97 Å². The molecule has 1 aromatic rings. The summed E-state index contributed by atoms with van der Waals surface area (Å²) in [4.78, 5) is 13.4. The number of likely N-dealkylation sites (tertiary alicyclic amines) is 1. The second-order valence-electron chi connectivity index (χ2n) is 4.82. The van der Waals surface area contributed by atoms with E-state index in [9.17, 15) is 9.90 Å². The van der Waals surface area contributed by atoms with Crippen molar-refractivity contribution in [3.63, 3.8) is 0 Å². The molecule has 2 unspecified atom stereocenters. The molecule has 1 aliphatic rings. The summed E-state index contributed by atoms with van der Waals surface area (Å²) in [6, 6.07) is 7.41. The maximum Gasteiger partial charge on any atom is 0.320 e. The van der Waals surface area contributed by atoms with E-state index in [2.05, 4.69) is 11.8 Å². The SMILES string of the molecule is CC(c1ccc(Cl)cc1)N1CCCCC1C(=O)O. The molecule has 0 radical (unpaired) electrons. The van der Waals surface area contributed by atoms with E-state index >= 15 is 0 Å². The average molecular weight is 268 g/mol. The zero-order valence-corrected chi connectivity index (χ0v) is 11.2. The minimum atomic E-state index is -0.712. The highest BCUT2D eigenvalue weighted by atomic mass is 35.5. The van der Waals surface area contributed by atoms with Gasteiger partial charge in [0.15, 0.2) is 0 Å². The Kier molecular flexibility index (Phi) is 4.25. The molecule has 0 amide bonds. The molecule has 2 atom stereocenters. The van der Waals surface area contributed by atoms with Gasteiger partial charge in [-0.15, -0.1) is 0 Å². The van der Waals surface area contributed by atoms with E-state index in [4.69, 9.17) is 11.6 Å². The molecule has 2 rings (SSSR count). The summed E-state index contributed by atoms with van der Waals surface area (Å²) in [5.41, 5.74) is 1.12. The predicted molar refractivity (Wildman–Crippen MR) is 71.8 cm³/mol. The summed E-state index contributed by atoms with van der Waals surface area (Å²) < 4.78 is 0. The number of rotatable bonds is 3. The van der Waals surface area contributed by atoms with E-state index in [1.54, 1.807) is 0 Å². The lowest BCUT2D eigenvalue weighted by atomic mass is 9.97. The maximum atomic E-state index is 11.3. The van der Waals surface area contributed by atoms with E-state index in [0.717, 1.165) is 31.4 Å². The van der Waals surface area contributed by atoms with Gasteiger partial charge in [-0.1, -0.05) is 30.2 Å². The first-order chi connectivity index (χ1) is 8.59. The molecular formula is C14H18ClNO2. The highest BCUT2D eigenvalue weighted by Crippen LogP contribution is 2.29. The molecule has 0 saturated carbocycles. The Morgan fingerprint density at radius 3 is 2.67 bits per heavy atom. The minimum absolute atomic E-state index is 0.115. The topological polar surface area (TPSA) is 40.5 Å². The summed E-state index contributed by atoms with van der Waals surface area (Å²) in [7, 11) is 0. The van der Waals surface area contributed by atoms with Crippen molar-refractivity contribution in [1.29, 1.82) is 0 Å². The van der Waals surface area contributed by atoms with Crippen LogP contribution in [0.4, 0.5) is 0 Å². The van der Waals surface area contributed by atoms with Crippen molar-refractivity contribution < 1.29 is 9.90 Å². The van der Waals surface area contributed by atoms with E-state index in [1.165, 1.54) is 0 Å². The molecule has 18 heavy (non-hydrogen) atoms. The van der Waals surface area contributed by atoms with E-state index in [0.29, 0.717) is 5.02 Å². The number of halogens is 1. The Labute approximate surface area is 112 Å². The Bertz CT molecular complexity index is 418. The fourth-order valence-corrected chi connectivity index (χ4v) is 2.74. The third-order valence-corrected chi connectivity index (χ3v) is 3.93. The number of carboxylic acids is 1. The van der Waals surface area contributed by atoms with Gasteiger partial charge in [0, 0.05) is 11.1 Å². The zero-order valence-electron chi connectivity index (χ0n) is 10.5. The van der Waals surface area contributed by atoms with Crippen LogP contribution in [0.1, 0.15) is 37.8 Å². The fraction of sp³-hybridized carbons (Fsp3) is 0.500. The van der Waals surface area contributed by atoms with Gasteiger partial charge in [0.25, 0.3) is 0 Å². The normalized spacial score (nSPS) is 22.7. The van der Waals surface area contributed by atoms with Gasteiger partial charge in [0.2, 0.25) is 0 Å². The summed E-state index contributed by atoms with van der Waals surface area (Å²) in [6.07, 6.45) is 2.82. The van der Waals surface area contributed by atoms with Crippen LogP contribution >= 0.6 is 11.6 Å². The molecular weight excluding hydrogens is 250 g/mol. The molecule has 0 aromatic heterocycles. The molecule has 1 aromatic carbocycles. The fourth-order valence-electron chi connectivity index (χ4n) is 2.62. The van der Waals surface area contributed by atoms with Gasteiger partial charge in [-0.25, -0.2) is 0 Å². The number of nitrogens with zero attached hydrogens (tertiary/aromatic N) is 1. The number of piperidine rings is 1. The van der Waals surface area contributed by atoms with Crippen LogP contribution in [0.2, 0.25) is 5.02 Å². The lowest BCUT2D eigenvalue weighted by molar-refractivity contribution is -0.145. The molecule has 3 nitrogen and oxygen atoms in total. The van der Waals surface area contributed by atoms with E-state index in [1.807, 2.05) is 24.3 Å². The van der Waals surface area contributed by atoms with Crippen molar-refractivity contribution in [2.75, 3.05) is 6.54 Å². The van der Waals surface area contributed by atoms with Crippen LogP contribution in [0.25, 0.3) is 0 Å². The summed E-state index contributed by atoms with van der Waals surface area (Å²) in [6.45, 7) is 2.91. The van der Waals surface area contributed by atoms with Gasteiger partial charge < -0.3 is 5.11 Å². The van der Waals surface area contributed by atoms with Gasteiger partial charge in [0.1, 0.15) is 6.04 Å². The first-order valence-corrected chi connectivity index (χ1v) is 6.71. The molecule has 1 N–H and O–H groups in total. The van der Waals surface area contributed by atoms with Gasteiger partial charge in [0.05, 0.1) is 0 Å². The summed E-state index contributed by atoms with van der Waals surface area (Å²) in [5, 5.41) is 9.99. The van der Waals surface area contributed by atoms with Crippen LogP contribution in [0.5, 0.6) is 0 Å². The standard InChI is InChI=1S/C14H18ClNO2/c1-10(11-5-7-12(15)8-6-11)16-9-3-2-4-13(16)14(17)18/h5-8,10,13H,2-4,9H2,1H3,(H,17,18). The van der Waals surface area contributed by atoms with Crippen LogP contribution in [0.3, 0.4) is 0 Å². The number of carbonyl (C=O) groups is 1. The number of hydrogen-bond acceptors (Lipinski definition) is 2. The number of carboxylic acid groups (broad SMARTS) is 1. The Morgan fingerprint density at radius 1 is 1.39 bits per heavy atom. The third-order valence-electron chi connectivity index (χ3n) is 3.68. The number of benzene rings is 1. The Balaban J connectivity index is 2.17. The minimum Gasteiger partial charge on any atom is -0.480 e. The van der Waals surface area contributed by atoms with Crippen LogP contribution in [-0.2, 0) is 4.79 Å². The van der Waals surface area contributed by atoms with Crippen LogP contribution in [-0.4, -0.2) is 28.6 Å². The Morgan fingerprint density at radius 2 is 2.06 bits per heavy atom. The van der Waals surface area contributed by atoms with Gasteiger partial charge in [-0.05, 0) is 44.0 Å². The molecule has 0 aliphatic carbocycles. The van der Waals surface area contributed by atoms with Gasteiger partial charge in [-0.3, -0.25) is 9.69 Å². The molecule has 1 heterocycles.